The van der Waals surface area contributed by atoms with Gasteiger partial charge in [-0.05, 0) is 58.9 Å². The average molecular weight is 466 g/mol. The first-order valence-corrected chi connectivity index (χ1v) is 10.5. The van der Waals surface area contributed by atoms with E-state index in [9.17, 15) is 8.78 Å². The predicted octanol–water partition coefficient (Wildman–Crippen LogP) is 6.11. The van der Waals surface area contributed by atoms with Crippen molar-refractivity contribution in [2.24, 2.45) is 0 Å². The van der Waals surface area contributed by atoms with Crippen LogP contribution in [-0.4, -0.2) is 23.3 Å². The lowest BCUT2D eigenvalue weighted by atomic mass is 10.0. The Hall–Kier alpha value is -2.19. The summed E-state index contributed by atoms with van der Waals surface area (Å²) in [5, 5.41) is 3.12. The number of nitrogens with zero attached hydrogens (tertiary/aromatic N) is 2. The Morgan fingerprint density at radius 2 is 1.93 bits per heavy atom. The molecule has 0 bridgehead atoms. The SMILES string of the molecule is COc1cc(F)ccc1-c1cc(Nc2cc(CSC)c(Br)c(C)n2)ncc1F. The maximum absolute atomic E-state index is 14.4. The third kappa shape index (κ3) is 4.44. The summed E-state index contributed by atoms with van der Waals surface area (Å²) in [5.74, 6) is 1.12. The van der Waals surface area contributed by atoms with Crippen LogP contribution in [0.1, 0.15) is 11.3 Å². The van der Waals surface area contributed by atoms with Gasteiger partial charge in [0, 0.05) is 27.4 Å². The molecule has 8 heteroatoms. The molecule has 0 saturated heterocycles. The minimum absolute atomic E-state index is 0.246. The van der Waals surface area contributed by atoms with E-state index in [4.69, 9.17) is 4.74 Å². The zero-order valence-electron chi connectivity index (χ0n) is 15.5. The van der Waals surface area contributed by atoms with Gasteiger partial charge >= 0.3 is 0 Å². The van der Waals surface area contributed by atoms with Gasteiger partial charge in [0.25, 0.3) is 0 Å². The van der Waals surface area contributed by atoms with Gasteiger partial charge in [-0.1, -0.05) is 0 Å². The molecule has 0 radical (unpaired) electrons. The summed E-state index contributed by atoms with van der Waals surface area (Å²) in [6.07, 6.45) is 3.15. The highest BCUT2D eigenvalue weighted by Crippen LogP contribution is 2.34. The van der Waals surface area contributed by atoms with Crippen molar-refractivity contribution < 1.29 is 13.5 Å². The highest BCUT2D eigenvalue weighted by atomic mass is 79.9. The third-order valence-electron chi connectivity index (χ3n) is 4.06. The molecule has 4 nitrogen and oxygen atoms in total. The molecule has 3 aromatic rings. The molecule has 2 aromatic heterocycles. The number of rotatable bonds is 6. The number of thioether (sulfide) groups is 1. The number of methoxy groups -OCH3 is 1. The van der Waals surface area contributed by atoms with E-state index in [2.05, 4.69) is 31.2 Å². The molecule has 0 saturated carbocycles. The maximum atomic E-state index is 14.4. The van der Waals surface area contributed by atoms with Crippen LogP contribution in [-0.2, 0) is 5.75 Å². The smallest absolute Gasteiger partial charge is 0.149 e. The minimum atomic E-state index is -0.529. The number of pyridine rings is 2. The number of ether oxygens (including phenoxy) is 1. The van der Waals surface area contributed by atoms with Gasteiger partial charge in [0.1, 0.15) is 29.0 Å². The summed E-state index contributed by atoms with van der Waals surface area (Å²) in [7, 11) is 1.42. The Bertz CT molecular complexity index is 1020. The quantitative estimate of drug-likeness (QED) is 0.475. The van der Waals surface area contributed by atoms with Gasteiger partial charge < -0.3 is 10.1 Å². The number of nitrogens with one attached hydrogen (secondary N) is 1. The van der Waals surface area contributed by atoms with E-state index in [0.717, 1.165) is 27.7 Å². The standard InChI is InChI=1S/C20H18BrF2N3OS/c1-11-20(21)12(10-28-3)6-19(25-11)26-18-8-15(16(23)9-24-18)14-5-4-13(22)7-17(14)27-2/h4-9H,10H2,1-3H3,(H,24,25,26). The molecule has 0 spiro atoms. The molecule has 2 heterocycles. The molecule has 3 rings (SSSR count). The molecule has 1 aromatic carbocycles. The first-order valence-electron chi connectivity index (χ1n) is 8.34. The Morgan fingerprint density at radius 3 is 2.64 bits per heavy atom. The van der Waals surface area contributed by atoms with Gasteiger partial charge in [0.05, 0.1) is 19.0 Å². The third-order valence-corrected chi connectivity index (χ3v) is 5.75. The van der Waals surface area contributed by atoms with E-state index < -0.39 is 11.6 Å². The zero-order valence-corrected chi connectivity index (χ0v) is 17.9. The van der Waals surface area contributed by atoms with E-state index in [0.29, 0.717) is 17.2 Å². The lowest BCUT2D eigenvalue weighted by Gasteiger charge is -2.13. The molecule has 146 valence electrons. The molecule has 0 unspecified atom stereocenters. The number of aromatic nitrogens is 2. The van der Waals surface area contributed by atoms with Gasteiger partial charge in [0.15, 0.2) is 0 Å². The fourth-order valence-corrected chi connectivity index (χ4v) is 3.85. The molecular weight excluding hydrogens is 448 g/mol. The fourth-order valence-electron chi connectivity index (χ4n) is 2.78. The van der Waals surface area contributed by atoms with Gasteiger partial charge in [-0.3, -0.25) is 0 Å². The van der Waals surface area contributed by atoms with Crippen LogP contribution in [0.2, 0.25) is 0 Å². The molecule has 1 N–H and O–H groups in total. The Balaban J connectivity index is 1.99. The lowest BCUT2D eigenvalue weighted by Crippen LogP contribution is -2.01. The molecule has 0 aliphatic carbocycles. The first-order chi connectivity index (χ1) is 13.4. The van der Waals surface area contributed by atoms with Gasteiger partial charge in [0.2, 0.25) is 0 Å². The van der Waals surface area contributed by atoms with E-state index in [1.54, 1.807) is 17.8 Å². The first kappa shape index (κ1) is 20.5. The number of hydrogen-bond donors (Lipinski definition) is 1. The van der Waals surface area contributed by atoms with Gasteiger partial charge in [-0.2, -0.15) is 11.8 Å². The largest absolute Gasteiger partial charge is 0.496 e. The average Bonchev–Trinajstić information content (AvgIpc) is 2.67. The summed E-state index contributed by atoms with van der Waals surface area (Å²) >= 11 is 5.27. The van der Waals surface area contributed by atoms with E-state index >= 15 is 0 Å². The van der Waals surface area contributed by atoms with Crippen LogP contribution in [0.3, 0.4) is 0 Å². The van der Waals surface area contributed by atoms with Crippen LogP contribution >= 0.6 is 27.7 Å². The van der Waals surface area contributed by atoms with Crippen LogP contribution in [0.15, 0.2) is 41.0 Å². The summed E-state index contributed by atoms with van der Waals surface area (Å²) < 4.78 is 34.1. The van der Waals surface area contributed by atoms with Crippen molar-refractivity contribution in [3.05, 3.63) is 63.9 Å². The van der Waals surface area contributed by atoms with Crippen molar-refractivity contribution >= 4 is 39.3 Å². The van der Waals surface area contributed by atoms with Crippen molar-refractivity contribution in [3.63, 3.8) is 0 Å². The minimum Gasteiger partial charge on any atom is -0.496 e. The van der Waals surface area contributed by atoms with E-state index in [1.807, 2.05) is 19.2 Å². The second-order valence-corrected chi connectivity index (χ2v) is 7.68. The number of anilines is 2. The Labute approximate surface area is 174 Å². The topological polar surface area (TPSA) is 47.0 Å². The van der Waals surface area contributed by atoms with Crippen molar-refractivity contribution in [1.29, 1.82) is 0 Å². The van der Waals surface area contributed by atoms with E-state index in [-0.39, 0.29) is 11.3 Å². The number of aryl methyl sites for hydroxylation is 1. The summed E-state index contributed by atoms with van der Waals surface area (Å²) in [6, 6.07) is 7.44. The summed E-state index contributed by atoms with van der Waals surface area (Å²) in [5.41, 5.74) is 2.64. The van der Waals surface area contributed by atoms with Crippen molar-refractivity contribution in [3.8, 4) is 16.9 Å². The highest BCUT2D eigenvalue weighted by molar-refractivity contribution is 9.10. The van der Waals surface area contributed by atoms with Crippen molar-refractivity contribution in [2.75, 3.05) is 18.7 Å². The van der Waals surface area contributed by atoms with Gasteiger partial charge in [-0.25, -0.2) is 18.7 Å². The molecule has 0 fully saturated rings. The number of halogens is 3. The monoisotopic (exact) mass is 465 g/mol. The number of hydrogen-bond acceptors (Lipinski definition) is 5. The Kier molecular flexibility index (Phi) is 6.51. The van der Waals surface area contributed by atoms with Crippen LogP contribution < -0.4 is 10.1 Å². The Morgan fingerprint density at radius 1 is 1.14 bits per heavy atom. The fraction of sp³-hybridized carbons (Fsp3) is 0.200. The molecular formula is C20H18BrF2N3OS. The summed E-state index contributed by atoms with van der Waals surface area (Å²) in [4.78, 5) is 8.61. The second-order valence-electron chi connectivity index (χ2n) is 6.02. The predicted molar refractivity (Wildman–Crippen MR) is 113 cm³/mol. The molecule has 28 heavy (non-hydrogen) atoms. The van der Waals surface area contributed by atoms with Crippen LogP contribution in [0.25, 0.3) is 11.1 Å². The second kappa shape index (κ2) is 8.87. The molecule has 0 aliphatic rings. The zero-order chi connectivity index (χ0) is 20.3. The lowest BCUT2D eigenvalue weighted by molar-refractivity contribution is 0.412. The van der Waals surface area contributed by atoms with Crippen molar-refractivity contribution in [2.45, 2.75) is 12.7 Å². The number of benzene rings is 1. The van der Waals surface area contributed by atoms with Crippen LogP contribution in [0.5, 0.6) is 5.75 Å². The normalized spacial score (nSPS) is 10.8. The van der Waals surface area contributed by atoms with Crippen LogP contribution in [0.4, 0.5) is 20.4 Å². The molecule has 0 amide bonds. The maximum Gasteiger partial charge on any atom is 0.149 e. The highest BCUT2D eigenvalue weighted by Gasteiger charge is 2.14. The van der Waals surface area contributed by atoms with Gasteiger partial charge in [-0.15, -0.1) is 0 Å². The summed E-state index contributed by atoms with van der Waals surface area (Å²) in [6.45, 7) is 1.91. The van der Waals surface area contributed by atoms with E-state index in [1.165, 1.54) is 25.3 Å². The van der Waals surface area contributed by atoms with Crippen LogP contribution in [0, 0.1) is 18.6 Å². The molecule has 0 atom stereocenters. The van der Waals surface area contributed by atoms with Crippen molar-refractivity contribution in [1.82, 2.24) is 9.97 Å². The molecule has 0 aliphatic heterocycles.